The first-order valence-corrected chi connectivity index (χ1v) is 11.8. The number of aromatic nitrogens is 2. The molecule has 0 spiro atoms. The zero-order valence-electron chi connectivity index (χ0n) is 16.3. The van der Waals surface area contributed by atoms with E-state index in [0.29, 0.717) is 10.7 Å². The molecule has 1 atom stereocenters. The van der Waals surface area contributed by atoms with E-state index in [-0.39, 0.29) is 11.3 Å². The molecule has 0 saturated carbocycles. The molecule has 4 nitrogen and oxygen atoms in total. The van der Waals surface area contributed by atoms with Crippen molar-refractivity contribution in [1.82, 2.24) is 9.97 Å². The van der Waals surface area contributed by atoms with E-state index in [1.807, 2.05) is 60.7 Å². The molecule has 2 aromatic carbocycles. The lowest BCUT2D eigenvalue weighted by molar-refractivity contribution is 0.0989. The van der Waals surface area contributed by atoms with Crippen LogP contribution in [-0.2, 0) is 12.8 Å². The van der Waals surface area contributed by atoms with Crippen molar-refractivity contribution in [3.05, 3.63) is 92.6 Å². The van der Waals surface area contributed by atoms with Gasteiger partial charge >= 0.3 is 0 Å². The molecule has 2 heterocycles. The minimum atomic E-state index is -0.483. The summed E-state index contributed by atoms with van der Waals surface area (Å²) in [6, 6.07) is 18.9. The average Bonchev–Trinajstić information content (AvgIpc) is 3.17. The maximum Gasteiger partial charge on any atom is 0.260 e. The highest BCUT2D eigenvalue weighted by atomic mass is 32.2. The molecule has 1 unspecified atom stereocenters. The van der Waals surface area contributed by atoms with E-state index in [2.05, 4.69) is 4.98 Å². The number of hydrogen-bond acceptors (Lipinski definition) is 5. The van der Waals surface area contributed by atoms with Crippen LogP contribution in [0.1, 0.15) is 44.5 Å². The highest BCUT2D eigenvalue weighted by Gasteiger charge is 2.26. The van der Waals surface area contributed by atoms with Crippen molar-refractivity contribution in [3.63, 3.8) is 0 Å². The predicted octanol–water partition coefficient (Wildman–Crippen LogP) is 5.58. The van der Waals surface area contributed by atoms with Crippen molar-refractivity contribution in [2.75, 3.05) is 0 Å². The lowest BCUT2D eigenvalue weighted by atomic mass is 9.97. The van der Waals surface area contributed by atoms with Crippen LogP contribution in [0.4, 0.5) is 0 Å². The van der Waals surface area contributed by atoms with Crippen molar-refractivity contribution in [1.29, 1.82) is 0 Å². The first kappa shape index (κ1) is 19.3. The molecule has 0 amide bonds. The van der Waals surface area contributed by atoms with Crippen LogP contribution in [0.3, 0.4) is 0 Å². The first-order valence-electron chi connectivity index (χ1n) is 10.1. The zero-order chi connectivity index (χ0) is 20.5. The number of Topliss-reactive ketones (excluding diaryl/α,β-unsaturated/α-hetero) is 1. The summed E-state index contributed by atoms with van der Waals surface area (Å²) in [5, 5.41) is 0.748. The largest absolute Gasteiger partial charge is 0.301 e. The van der Waals surface area contributed by atoms with Crippen LogP contribution in [-0.4, -0.2) is 15.8 Å². The van der Waals surface area contributed by atoms with E-state index in [9.17, 15) is 9.59 Å². The predicted molar refractivity (Wildman–Crippen MR) is 123 cm³/mol. The first-order chi connectivity index (χ1) is 14.7. The van der Waals surface area contributed by atoms with Gasteiger partial charge in [0, 0.05) is 10.4 Å². The number of carbonyl (C=O) groups is 1. The van der Waals surface area contributed by atoms with Crippen molar-refractivity contribution >= 4 is 39.1 Å². The number of nitrogens with one attached hydrogen (secondary N) is 1. The Hall–Kier alpha value is -2.70. The minimum Gasteiger partial charge on any atom is -0.301 e. The number of nitrogens with zero attached hydrogens (tertiary/aromatic N) is 1. The summed E-state index contributed by atoms with van der Waals surface area (Å²) >= 11 is 2.94. The third-order valence-corrected chi connectivity index (χ3v) is 7.76. The SMILES string of the molecule is O=C(c1ccccc1)C(Sc1nc2sc3c(c2c(=O)[nH]1)CCCC3)c1ccccc1. The summed E-state index contributed by atoms with van der Waals surface area (Å²) in [5.41, 5.74) is 2.62. The monoisotopic (exact) mass is 432 g/mol. The quantitative estimate of drug-likeness (QED) is 0.254. The van der Waals surface area contributed by atoms with E-state index in [1.165, 1.54) is 28.6 Å². The van der Waals surface area contributed by atoms with Gasteiger partial charge in [-0.25, -0.2) is 4.98 Å². The van der Waals surface area contributed by atoms with Crippen LogP contribution in [0, 0.1) is 0 Å². The maximum atomic E-state index is 13.3. The Kier molecular flexibility index (Phi) is 5.27. The summed E-state index contributed by atoms with van der Waals surface area (Å²) in [4.78, 5) is 36.0. The number of ketones is 1. The fourth-order valence-corrected chi connectivity index (χ4v) is 6.34. The number of rotatable bonds is 5. The Bertz CT molecular complexity index is 1260. The summed E-state index contributed by atoms with van der Waals surface area (Å²) in [6.07, 6.45) is 4.26. The van der Waals surface area contributed by atoms with Gasteiger partial charge in [0.15, 0.2) is 10.9 Å². The number of thioether (sulfide) groups is 1. The molecule has 6 heteroatoms. The van der Waals surface area contributed by atoms with E-state index in [4.69, 9.17) is 4.98 Å². The average molecular weight is 433 g/mol. The Balaban J connectivity index is 1.56. The normalized spacial score (nSPS) is 14.4. The van der Waals surface area contributed by atoms with E-state index < -0.39 is 5.25 Å². The van der Waals surface area contributed by atoms with Gasteiger partial charge < -0.3 is 4.98 Å². The molecule has 0 saturated heterocycles. The van der Waals surface area contributed by atoms with Crippen molar-refractivity contribution in [2.45, 2.75) is 36.1 Å². The number of thiophene rings is 1. The third kappa shape index (κ3) is 3.61. The number of aromatic amines is 1. The van der Waals surface area contributed by atoms with Gasteiger partial charge in [-0.15, -0.1) is 11.3 Å². The molecule has 5 rings (SSSR count). The molecule has 150 valence electrons. The molecule has 0 bridgehead atoms. The molecule has 30 heavy (non-hydrogen) atoms. The summed E-state index contributed by atoms with van der Waals surface area (Å²) in [5.74, 6) is 0.0000185. The summed E-state index contributed by atoms with van der Waals surface area (Å²) in [7, 11) is 0. The van der Waals surface area contributed by atoms with Crippen molar-refractivity contribution in [2.24, 2.45) is 0 Å². The zero-order valence-corrected chi connectivity index (χ0v) is 17.9. The smallest absolute Gasteiger partial charge is 0.260 e. The van der Waals surface area contributed by atoms with E-state index in [1.54, 1.807) is 11.3 Å². The second kappa shape index (κ2) is 8.20. The van der Waals surface area contributed by atoms with Crippen LogP contribution >= 0.6 is 23.1 Å². The van der Waals surface area contributed by atoms with E-state index in [0.717, 1.165) is 35.0 Å². The molecule has 2 aromatic heterocycles. The standard InChI is InChI=1S/C24H20N2O2S2/c27-20(15-9-3-1-4-10-15)21(16-11-5-2-6-12-16)30-24-25-22(28)19-17-13-7-8-14-18(17)29-23(19)26-24/h1-6,9-12,21H,7-8,13-14H2,(H,25,26,28). The Labute approximate surface area is 182 Å². The molecule has 1 N–H and O–H groups in total. The number of aryl methyl sites for hydroxylation is 2. The number of hydrogen-bond donors (Lipinski definition) is 1. The minimum absolute atomic E-state index is 0.0000185. The van der Waals surface area contributed by atoms with Gasteiger partial charge in [-0.2, -0.15) is 0 Å². The Morgan fingerprint density at radius 1 is 1.00 bits per heavy atom. The molecule has 0 fully saturated rings. The Morgan fingerprint density at radius 2 is 1.70 bits per heavy atom. The third-order valence-electron chi connectivity index (χ3n) is 5.43. The maximum absolute atomic E-state index is 13.3. The Morgan fingerprint density at radius 3 is 2.47 bits per heavy atom. The van der Waals surface area contributed by atoms with Crippen LogP contribution < -0.4 is 5.56 Å². The van der Waals surface area contributed by atoms with Crippen molar-refractivity contribution < 1.29 is 4.79 Å². The van der Waals surface area contributed by atoms with Gasteiger partial charge in [0.25, 0.3) is 5.56 Å². The number of benzene rings is 2. The second-order valence-corrected chi connectivity index (χ2v) is 9.58. The number of fused-ring (bicyclic) bond motifs is 3. The summed E-state index contributed by atoms with van der Waals surface area (Å²) < 4.78 is 0. The molecular weight excluding hydrogens is 412 g/mol. The van der Waals surface area contributed by atoms with Crippen LogP contribution in [0.25, 0.3) is 10.2 Å². The van der Waals surface area contributed by atoms with Gasteiger partial charge in [-0.1, -0.05) is 72.4 Å². The fraction of sp³-hybridized carbons (Fsp3) is 0.208. The van der Waals surface area contributed by atoms with Crippen LogP contribution in [0.15, 0.2) is 70.6 Å². The number of H-pyrrole nitrogens is 1. The second-order valence-electron chi connectivity index (χ2n) is 7.40. The molecule has 4 aromatic rings. The fourth-order valence-electron chi connectivity index (χ4n) is 3.97. The molecule has 1 aliphatic rings. The van der Waals surface area contributed by atoms with E-state index >= 15 is 0 Å². The summed E-state index contributed by atoms with van der Waals surface area (Å²) in [6.45, 7) is 0. The molecule has 1 aliphatic carbocycles. The molecular formula is C24H20N2O2S2. The molecule has 0 aliphatic heterocycles. The molecule has 0 radical (unpaired) electrons. The number of carbonyl (C=O) groups excluding carboxylic acids is 1. The van der Waals surface area contributed by atoms with Crippen LogP contribution in [0.2, 0.25) is 0 Å². The van der Waals surface area contributed by atoms with Gasteiger partial charge in [0.2, 0.25) is 0 Å². The van der Waals surface area contributed by atoms with Gasteiger partial charge in [0.05, 0.1) is 5.39 Å². The lowest BCUT2D eigenvalue weighted by Gasteiger charge is -2.15. The topological polar surface area (TPSA) is 62.8 Å². The van der Waals surface area contributed by atoms with Gasteiger partial charge in [0.1, 0.15) is 10.1 Å². The highest BCUT2D eigenvalue weighted by Crippen LogP contribution is 2.38. The van der Waals surface area contributed by atoms with Gasteiger partial charge in [-0.3, -0.25) is 9.59 Å². The lowest BCUT2D eigenvalue weighted by Crippen LogP contribution is -2.14. The van der Waals surface area contributed by atoms with Crippen molar-refractivity contribution in [3.8, 4) is 0 Å². The van der Waals surface area contributed by atoms with Crippen LogP contribution in [0.5, 0.6) is 0 Å². The van der Waals surface area contributed by atoms with Gasteiger partial charge in [-0.05, 0) is 36.8 Å². The highest BCUT2D eigenvalue weighted by molar-refractivity contribution is 8.00.